The maximum atomic E-state index is 5.18. The Bertz CT molecular complexity index is 2910. The third-order valence-corrected chi connectivity index (χ3v) is 11.8. The predicted octanol–water partition coefficient (Wildman–Crippen LogP) is 12.8. The Morgan fingerprint density at radius 2 is 1.09 bits per heavy atom. The number of dihydropyridines is 1. The molecule has 0 saturated carbocycles. The van der Waals surface area contributed by atoms with Gasteiger partial charge >= 0.3 is 0 Å². The van der Waals surface area contributed by atoms with Crippen LogP contribution >= 0.6 is 0 Å². The molecule has 1 aliphatic carbocycles. The molecule has 0 spiro atoms. The summed E-state index contributed by atoms with van der Waals surface area (Å²) in [5.74, 6) is 0. The monoisotopic (exact) mass is 744 g/mol. The molecule has 276 valence electrons. The zero-order valence-electron chi connectivity index (χ0n) is 31.8. The lowest BCUT2D eigenvalue weighted by molar-refractivity contribution is 0.815. The van der Waals surface area contributed by atoms with E-state index >= 15 is 0 Å². The molecular weight excluding hydrogens is 705 g/mol. The summed E-state index contributed by atoms with van der Waals surface area (Å²) in [5.41, 5.74) is 18.5. The van der Waals surface area contributed by atoms with Crippen LogP contribution in [-0.4, -0.2) is 11.0 Å². The van der Waals surface area contributed by atoms with Gasteiger partial charge in [0.2, 0.25) is 0 Å². The van der Waals surface area contributed by atoms with Gasteiger partial charge in [0, 0.05) is 16.6 Å². The van der Waals surface area contributed by atoms with Gasteiger partial charge in [-0.15, -0.1) is 0 Å². The van der Waals surface area contributed by atoms with Crippen LogP contribution in [0.25, 0.3) is 56.7 Å². The van der Waals surface area contributed by atoms with Gasteiger partial charge in [-0.05, 0) is 79.9 Å². The average Bonchev–Trinajstić information content (AvgIpc) is 3.31. The molecule has 0 fully saturated rings. The molecule has 1 aromatic heterocycles. The highest BCUT2D eigenvalue weighted by Gasteiger charge is 2.24. The van der Waals surface area contributed by atoms with Gasteiger partial charge in [-0.25, -0.2) is 4.98 Å². The van der Waals surface area contributed by atoms with Crippen molar-refractivity contribution in [2.75, 3.05) is 10.6 Å². The number of aromatic nitrogens is 1. The molecule has 58 heavy (non-hydrogen) atoms. The summed E-state index contributed by atoms with van der Waals surface area (Å²) in [6.07, 6.45) is 20.2. The number of nitrogens with one attached hydrogen (secondary N) is 3. The van der Waals surface area contributed by atoms with Crippen LogP contribution < -0.4 is 16.0 Å². The van der Waals surface area contributed by atoms with E-state index in [9.17, 15) is 0 Å². The van der Waals surface area contributed by atoms with Crippen LogP contribution in [-0.2, 0) is 0 Å². The standard InChI is InChI=1S/C54H40N4/c1-3-8-35(9-4-1)43-12-7-13-44(32-43)45-22-18-39-25-29-50(56-51(39)33-45)46-23-19-40-24-28-47(55-52(40)34-46)37-14-16-38(17-15-37)49-31-27-42-21-20-41-26-30-48(36-10-5-2-6-11-36)57-53(41)54(42)58-49/h1-34,48-49,51,56-58H. The zero-order valence-corrected chi connectivity index (χ0v) is 31.8. The van der Waals surface area contributed by atoms with Crippen molar-refractivity contribution >= 4 is 45.7 Å². The van der Waals surface area contributed by atoms with E-state index in [0.717, 1.165) is 44.8 Å². The van der Waals surface area contributed by atoms with Gasteiger partial charge < -0.3 is 16.0 Å². The van der Waals surface area contributed by atoms with Crippen molar-refractivity contribution in [1.29, 1.82) is 0 Å². The SMILES string of the molecule is C1=CC2=CC=C(c3ccc4ccc(-c5ccc(C6C=Cc7ccc8c(c7N6)NC(c6ccccc6)C=C8)cc5)nc4c3)NC2C=C1c1cccc(-c2ccccc2)c1. The lowest BCUT2D eigenvalue weighted by atomic mass is 9.89. The van der Waals surface area contributed by atoms with Crippen molar-refractivity contribution in [3.63, 3.8) is 0 Å². The van der Waals surface area contributed by atoms with Gasteiger partial charge in [-0.1, -0.05) is 182 Å². The first-order valence-electron chi connectivity index (χ1n) is 20.1. The van der Waals surface area contributed by atoms with E-state index in [0.29, 0.717) is 0 Å². The number of rotatable bonds is 6. The van der Waals surface area contributed by atoms with Crippen LogP contribution in [0.2, 0.25) is 0 Å². The maximum Gasteiger partial charge on any atom is 0.0716 e. The normalized spacial score (nSPS) is 18.7. The van der Waals surface area contributed by atoms with Crippen LogP contribution in [0.3, 0.4) is 0 Å². The second-order valence-corrected chi connectivity index (χ2v) is 15.4. The van der Waals surface area contributed by atoms with Crippen molar-refractivity contribution in [2.24, 2.45) is 0 Å². The number of hydrogen-bond acceptors (Lipinski definition) is 4. The van der Waals surface area contributed by atoms with Gasteiger partial charge in [0.05, 0.1) is 40.7 Å². The number of anilines is 2. The molecule has 3 N–H and O–H groups in total. The summed E-state index contributed by atoms with van der Waals surface area (Å²) in [5, 5.41) is 12.6. The molecule has 3 atom stereocenters. The summed E-state index contributed by atoms with van der Waals surface area (Å²) in [6.45, 7) is 0. The second-order valence-electron chi connectivity index (χ2n) is 15.4. The highest BCUT2D eigenvalue weighted by molar-refractivity contribution is 5.91. The van der Waals surface area contributed by atoms with Crippen LogP contribution in [0.5, 0.6) is 0 Å². The van der Waals surface area contributed by atoms with E-state index in [1.165, 1.54) is 50.1 Å². The minimum atomic E-state index is 0.0546. The van der Waals surface area contributed by atoms with Gasteiger partial charge in [-0.3, -0.25) is 0 Å². The van der Waals surface area contributed by atoms with E-state index in [1.54, 1.807) is 0 Å². The van der Waals surface area contributed by atoms with E-state index in [-0.39, 0.29) is 18.1 Å². The van der Waals surface area contributed by atoms with Crippen LogP contribution in [0.4, 0.5) is 11.4 Å². The molecule has 4 heteroatoms. The fraction of sp³-hybridized carbons (Fsp3) is 0.0556. The molecule has 0 radical (unpaired) electrons. The van der Waals surface area contributed by atoms with Gasteiger partial charge in [0.15, 0.2) is 0 Å². The van der Waals surface area contributed by atoms with Gasteiger partial charge in [-0.2, -0.15) is 0 Å². The first-order chi connectivity index (χ1) is 28.7. The molecule has 11 rings (SSSR count). The second kappa shape index (κ2) is 14.3. The third kappa shape index (κ3) is 6.35. The van der Waals surface area contributed by atoms with Crippen LogP contribution in [0, 0.1) is 0 Å². The number of hydrogen-bond donors (Lipinski definition) is 3. The smallest absolute Gasteiger partial charge is 0.0716 e. The summed E-state index contributed by atoms with van der Waals surface area (Å²) in [7, 11) is 0. The summed E-state index contributed by atoms with van der Waals surface area (Å²) < 4.78 is 0. The molecule has 3 aliphatic heterocycles. The topological polar surface area (TPSA) is 49.0 Å². The molecule has 0 bridgehead atoms. The third-order valence-electron chi connectivity index (χ3n) is 11.8. The molecule has 6 aromatic carbocycles. The Hall–Kier alpha value is -7.43. The Morgan fingerprint density at radius 1 is 0.431 bits per heavy atom. The minimum Gasteiger partial charge on any atom is -0.374 e. The number of allylic oxidation sites excluding steroid dienone is 4. The highest BCUT2D eigenvalue weighted by Crippen LogP contribution is 2.42. The molecule has 7 aromatic rings. The summed E-state index contributed by atoms with van der Waals surface area (Å²) in [4.78, 5) is 5.18. The molecule has 3 unspecified atom stereocenters. The van der Waals surface area contributed by atoms with Crippen molar-refractivity contribution in [3.8, 4) is 22.4 Å². The van der Waals surface area contributed by atoms with Gasteiger partial charge in [0.25, 0.3) is 0 Å². The molecule has 0 saturated heterocycles. The maximum absolute atomic E-state index is 5.18. The van der Waals surface area contributed by atoms with E-state index in [2.05, 4.69) is 222 Å². The highest BCUT2D eigenvalue weighted by atomic mass is 15.0. The van der Waals surface area contributed by atoms with Crippen molar-refractivity contribution in [2.45, 2.75) is 18.1 Å². The molecule has 4 nitrogen and oxygen atoms in total. The first-order valence-corrected chi connectivity index (χ1v) is 20.1. The molecule has 0 amide bonds. The van der Waals surface area contributed by atoms with Crippen molar-refractivity contribution in [1.82, 2.24) is 10.3 Å². The zero-order chi connectivity index (χ0) is 38.4. The minimum absolute atomic E-state index is 0.0546. The molecule has 4 heterocycles. The van der Waals surface area contributed by atoms with Gasteiger partial charge in [0.1, 0.15) is 0 Å². The first kappa shape index (κ1) is 33.9. The number of pyridine rings is 1. The summed E-state index contributed by atoms with van der Waals surface area (Å²) >= 11 is 0. The largest absolute Gasteiger partial charge is 0.374 e. The van der Waals surface area contributed by atoms with Crippen LogP contribution in [0.1, 0.15) is 45.5 Å². The Kier molecular flexibility index (Phi) is 8.32. The van der Waals surface area contributed by atoms with Crippen molar-refractivity contribution in [3.05, 3.63) is 233 Å². The van der Waals surface area contributed by atoms with E-state index < -0.39 is 0 Å². The average molecular weight is 745 g/mol. The lowest BCUT2D eigenvalue weighted by Crippen LogP contribution is -2.30. The van der Waals surface area contributed by atoms with E-state index in [4.69, 9.17) is 4.98 Å². The lowest BCUT2D eigenvalue weighted by Gasteiger charge is -2.30. The molecule has 4 aliphatic rings. The van der Waals surface area contributed by atoms with Crippen LogP contribution in [0.15, 0.2) is 200 Å². The number of benzene rings is 6. The Balaban J connectivity index is 0.813. The quantitative estimate of drug-likeness (QED) is 0.159. The Morgan fingerprint density at radius 3 is 1.84 bits per heavy atom. The fourth-order valence-corrected chi connectivity index (χ4v) is 8.57. The number of nitrogens with zero attached hydrogens (tertiary/aromatic N) is 1. The predicted molar refractivity (Wildman–Crippen MR) is 243 cm³/mol. The van der Waals surface area contributed by atoms with Crippen molar-refractivity contribution < 1.29 is 0 Å². The fourth-order valence-electron chi connectivity index (χ4n) is 8.57. The Labute approximate surface area is 339 Å². The summed E-state index contributed by atoms with van der Waals surface area (Å²) in [6, 6.07) is 54.4. The number of fused-ring (bicyclic) bond motifs is 5. The molecular formula is C54H40N4. The van der Waals surface area contributed by atoms with E-state index in [1.807, 2.05) is 0 Å².